The number of anilines is 1. The van der Waals surface area contributed by atoms with Gasteiger partial charge in [-0.05, 0) is 73.0 Å². The molecule has 3 heterocycles. The van der Waals surface area contributed by atoms with Crippen LogP contribution < -0.4 is 5.73 Å². The van der Waals surface area contributed by atoms with Crippen molar-refractivity contribution < 1.29 is 0 Å². The van der Waals surface area contributed by atoms with E-state index in [0.717, 1.165) is 11.6 Å². The Morgan fingerprint density at radius 3 is 3.00 bits per heavy atom. The minimum atomic E-state index is 0.513. The Morgan fingerprint density at radius 2 is 2.10 bits per heavy atom. The van der Waals surface area contributed by atoms with Crippen molar-refractivity contribution in [1.82, 2.24) is 14.5 Å². The minimum absolute atomic E-state index is 0.513. The molecule has 0 saturated carbocycles. The molecule has 4 rings (SSSR count). The van der Waals surface area contributed by atoms with Crippen LogP contribution in [-0.4, -0.2) is 33.6 Å². The van der Waals surface area contributed by atoms with Gasteiger partial charge in [0, 0.05) is 22.2 Å². The third kappa shape index (κ3) is 2.02. The van der Waals surface area contributed by atoms with E-state index in [0.29, 0.717) is 12.0 Å². The summed E-state index contributed by atoms with van der Waals surface area (Å²) in [7, 11) is 0. The third-order valence-corrected chi connectivity index (χ3v) is 5.51. The summed E-state index contributed by atoms with van der Waals surface area (Å²) < 4.78 is 3.49. The van der Waals surface area contributed by atoms with Gasteiger partial charge in [-0.1, -0.05) is 0 Å². The van der Waals surface area contributed by atoms with Crippen LogP contribution in [0.5, 0.6) is 0 Å². The van der Waals surface area contributed by atoms with Crippen LogP contribution in [0.2, 0.25) is 0 Å². The van der Waals surface area contributed by atoms with Gasteiger partial charge in [-0.3, -0.25) is 0 Å². The lowest BCUT2D eigenvalue weighted by atomic mass is 9.97. The van der Waals surface area contributed by atoms with Crippen molar-refractivity contribution in [2.45, 2.75) is 37.8 Å². The highest BCUT2D eigenvalue weighted by Crippen LogP contribution is 2.36. The second-order valence-corrected chi connectivity index (χ2v) is 7.23. The van der Waals surface area contributed by atoms with Crippen molar-refractivity contribution in [2.24, 2.45) is 0 Å². The molecule has 4 nitrogen and oxygen atoms in total. The predicted octanol–water partition coefficient (Wildman–Crippen LogP) is 3.02. The maximum Gasteiger partial charge on any atom is 0.201 e. The van der Waals surface area contributed by atoms with Crippen LogP contribution in [0.4, 0.5) is 5.95 Å². The first kappa shape index (κ1) is 12.9. The molecular weight excluding hydrogens is 363 g/mol. The van der Waals surface area contributed by atoms with Crippen molar-refractivity contribution in [1.29, 1.82) is 0 Å². The Kier molecular flexibility index (Phi) is 3.14. The van der Waals surface area contributed by atoms with Crippen LogP contribution in [0.1, 0.15) is 31.7 Å². The molecule has 2 N–H and O–H groups in total. The summed E-state index contributed by atoms with van der Waals surface area (Å²) in [5.74, 6) is 0.679. The Morgan fingerprint density at radius 1 is 1.20 bits per heavy atom. The zero-order valence-corrected chi connectivity index (χ0v) is 13.6. The summed E-state index contributed by atoms with van der Waals surface area (Å²) in [6, 6.07) is 7.70. The summed E-state index contributed by atoms with van der Waals surface area (Å²) in [4.78, 5) is 7.20. The molecule has 0 radical (unpaired) electrons. The predicted molar refractivity (Wildman–Crippen MR) is 89.7 cm³/mol. The number of hydrogen-bond acceptors (Lipinski definition) is 3. The molecule has 2 saturated heterocycles. The average molecular weight is 382 g/mol. The lowest BCUT2D eigenvalue weighted by Crippen LogP contribution is -2.38. The molecule has 2 fully saturated rings. The SMILES string of the molecule is Nc1nc2cc(I)ccc2n1C1CCN2CCCC2C1. The van der Waals surface area contributed by atoms with Crippen LogP contribution in [0.3, 0.4) is 0 Å². The van der Waals surface area contributed by atoms with Gasteiger partial charge in [0.2, 0.25) is 5.95 Å². The summed E-state index contributed by atoms with van der Waals surface area (Å²) in [5.41, 5.74) is 8.43. The first-order chi connectivity index (χ1) is 9.72. The summed E-state index contributed by atoms with van der Waals surface area (Å²) in [5, 5.41) is 0. The Bertz CT molecular complexity index is 651. The number of hydrogen-bond donors (Lipinski definition) is 1. The van der Waals surface area contributed by atoms with Gasteiger partial charge >= 0.3 is 0 Å². The number of nitrogen functional groups attached to an aromatic ring is 1. The molecule has 1 aromatic heterocycles. The number of nitrogens with two attached hydrogens (primary N) is 1. The van der Waals surface area contributed by atoms with E-state index in [1.54, 1.807) is 0 Å². The topological polar surface area (TPSA) is 47.1 Å². The lowest BCUT2D eigenvalue weighted by Gasteiger charge is -2.35. The highest BCUT2D eigenvalue weighted by atomic mass is 127. The van der Waals surface area contributed by atoms with Crippen LogP contribution in [0, 0.1) is 3.57 Å². The van der Waals surface area contributed by atoms with Crippen LogP contribution in [-0.2, 0) is 0 Å². The first-order valence-electron chi connectivity index (χ1n) is 7.39. The molecule has 1 aromatic carbocycles. The Balaban J connectivity index is 1.72. The molecule has 0 bridgehead atoms. The molecule has 0 amide bonds. The Labute approximate surface area is 132 Å². The molecule has 2 atom stereocenters. The van der Waals surface area contributed by atoms with E-state index in [4.69, 9.17) is 5.73 Å². The molecule has 0 spiro atoms. The number of benzene rings is 1. The molecule has 2 unspecified atom stereocenters. The fourth-order valence-corrected chi connectivity index (χ4v) is 4.39. The third-order valence-electron chi connectivity index (χ3n) is 4.84. The van der Waals surface area contributed by atoms with Gasteiger partial charge in [0.25, 0.3) is 0 Å². The molecule has 5 heteroatoms. The lowest BCUT2D eigenvalue weighted by molar-refractivity contribution is 0.158. The maximum atomic E-state index is 6.21. The monoisotopic (exact) mass is 382 g/mol. The molecular formula is C15H19IN4. The van der Waals surface area contributed by atoms with Crippen LogP contribution in [0.15, 0.2) is 18.2 Å². The van der Waals surface area contributed by atoms with E-state index in [1.807, 2.05) is 0 Å². The number of rotatable bonds is 1. The van der Waals surface area contributed by atoms with E-state index in [9.17, 15) is 0 Å². The number of halogens is 1. The summed E-state index contributed by atoms with van der Waals surface area (Å²) in [6.07, 6.45) is 5.12. The zero-order valence-electron chi connectivity index (χ0n) is 11.4. The largest absolute Gasteiger partial charge is 0.369 e. The fraction of sp³-hybridized carbons (Fsp3) is 0.533. The van der Waals surface area contributed by atoms with Crippen molar-refractivity contribution in [3.8, 4) is 0 Å². The smallest absolute Gasteiger partial charge is 0.201 e. The highest BCUT2D eigenvalue weighted by molar-refractivity contribution is 14.1. The van der Waals surface area contributed by atoms with Gasteiger partial charge in [-0.15, -0.1) is 0 Å². The maximum absolute atomic E-state index is 6.21. The average Bonchev–Trinajstić information content (AvgIpc) is 3.00. The number of fused-ring (bicyclic) bond motifs is 2. The van der Waals surface area contributed by atoms with Crippen molar-refractivity contribution in [3.63, 3.8) is 0 Å². The summed E-state index contributed by atoms with van der Waals surface area (Å²) in [6.45, 7) is 2.49. The number of piperidine rings is 1. The molecule has 2 aliphatic rings. The second-order valence-electron chi connectivity index (χ2n) is 5.98. The number of aromatic nitrogens is 2. The van der Waals surface area contributed by atoms with Crippen LogP contribution >= 0.6 is 22.6 Å². The van der Waals surface area contributed by atoms with Gasteiger partial charge < -0.3 is 15.2 Å². The van der Waals surface area contributed by atoms with E-state index in [1.165, 1.54) is 47.9 Å². The molecule has 0 aliphatic carbocycles. The standard InChI is InChI=1S/C15H19IN4/c16-10-3-4-14-13(8-10)18-15(17)20(14)12-5-7-19-6-1-2-11(19)9-12/h3-4,8,11-12H,1-2,5-7,9H2,(H2,17,18). The minimum Gasteiger partial charge on any atom is -0.369 e. The second kappa shape index (κ2) is 4.87. The first-order valence-corrected chi connectivity index (χ1v) is 8.47. The number of nitrogens with zero attached hydrogens (tertiary/aromatic N) is 3. The fourth-order valence-electron chi connectivity index (χ4n) is 3.91. The van der Waals surface area contributed by atoms with E-state index >= 15 is 0 Å². The molecule has 106 valence electrons. The molecule has 2 aromatic rings. The summed E-state index contributed by atoms with van der Waals surface area (Å²) >= 11 is 2.33. The van der Waals surface area contributed by atoms with Gasteiger partial charge in [0.05, 0.1) is 11.0 Å². The highest BCUT2D eigenvalue weighted by Gasteiger charge is 2.33. The van der Waals surface area contributed by atoms with Gasteiger partial charge in [0.15, 0.2) is 0 Å². The zero-order chi connectivity index (χ0) is 13.7. The quantitative estimate of drug-likeness (QED) is 0.772. The Hall–Kier alpha value is -0.820. The van der Waals surface area contributed by atoms with Gasteiger partial charge in [0.1, 0.15) is 0 Å². The van der Waals surface area contributed by atoms with Crippen LogP contribution in [0.25, 0.3) is 11.0 Å². The number of imidazole rings is 1. The van der Waals surface area contributed by atoms with E-state index in [2.05, 4.69) is 55.2 Å². The van der Waals surface area contributed by atoms with E-state index in [-0.39, 0.29) is 0 Å². The van der Waals surface area contributed by atoms with E-state index < -0.39 is 0 Å². The van der Waals surface area contributed by atoms with Crippen molar-refractivity contribution in [3.05, 3.63) is 21.8 Å². The van der Waals surface area contributed by atoms with Crippen molar-refractivity contribution in [2.75, 3.05) is 18.8 Å². The molecule has 20 heavy (non-hydrogen) atoms. The molecule has 2 aliphatic heterocycles. The van der Waals surface area contributed by atoms with Gasteiger partial charge in [-0.25, -0.2) is 4.98 Å². The normalized spacial score (nSPS) is 27.1. The van der Waals surface area contributed by atoms with Crippen molar-refractivity contribution >= 4 is 39.6 Å². The van der Waals surface area contributed by atoms with Gasteiger partial charge in [-0.2, -0.15) is 0 Å².